The van der Waals surface area contributed by atoms with Crippen molar-refractivity contribution in [3.8, 4) is 11.5 Å². The van der Waals surface area contributed by atoms with Crippen molar-refractivity contribution in [1.29, 1.82) is 0 Å². The van der Waals surface area contributed by atoms with Crippen molar-refractivity contribution in [3.63, 3.8) is 0 Å². The van der Waals surface area contributed by atoms with Crippen LogP contribution in [0.3, 0.4) is 0 Å². The number of amides is 1. The second-order valence-electron chi connectivity index (χ2n) is 8.52. The van der Waals surface area contributed by atoms with E-state index in [2.05, 4.69) is 42.3 Å². The van der Waals surface area contributed by atoms with Gasteiger partial charge >= 0.3 is 0 Å². The van der Waals surface area contributed by atoms with Crippen LogP contribution < -0.4 is 14.8 Å². The van der Waals surface area contributed by atoms with E-state index in [1.54, 1.807) is 37.7 Å². The molecule has 1 fully saturated rings. The van der Waals surface area contributed by atoms with Crippen molar-refractivity contribution in [1.82, 2.24) is 4.90 Å². The highest BCUT2D eigenvalue weighted by Crippen LogP contribution is 2.43. The van der Waals surface area contributed by atoms with Crippen LogP contribution in [0.25, 0.3) is 0 Å². The van der Waals surface area contributed by atoms with E-state index in [9.17, 15) is 4.79 Å². The van der Waals surface area contributed by atoms with Gasteiger partial charge in [0.15, 0.2) is 17.3 Å². The second-order valence-corrected chi connectivity index (χ2v) is 9.65. The molecule has 1 atom stereocenters. The Morgan fingerprint density at radius 2 is 1.94 bits per heavy atom. The van der Waals surface area contributed by atoms with Gasteiger partial charge in [0.05, 0.1) is 26.5 Å². The maximum Gasteiger partial charge on any atom is 0.291 e. The summed E-state index contributed by atoms with van der Waals surface area (Å²) in [5, 5.41) is 3.99. The fourth-order valence-corrected chi connectivity index (χ4v) is 5.43. The zero-order valence-corrected chi connectivity index (χ0v) is 20.5. The number of nitrogens with one attached hydrogen (secondary N) is 1. The van der Waals surface area contributed by atoms with Crippen LogP contribution in [-0.4, -0.2) is 38.1 Å². The van der Waals surface area contributed by atoms with Crippen molar-refractivity contribution in [2.75, 3.05) is 32.6 Å². The molecular formula is C26H32N2O4S. The van der Waals surface area contributed by atoms with Gasteiger partial charge in [0.1, 0.15) is 5.00 Å². The number of likely N-dealkylation sites (tertiary alicyclic amines) is 1. The standard InChI is InChI=1S/C26H32N2O4S/c1-5-19-16-20(26(33-19)27-25(29)22-7-6-14-32-22)24(28-12-10-17(2)11-13-28)18-8-9-21(30-3)23(15-18)31-4/h6-9,14-17,24H,5,10-13H2,1-4H3,(H,27,29). The number of ether oxygens (including phenoxy) is 2. The van der Waals surface area contributed by atoms with Crippen LogP contribution >= 0.6 is 11.3 Å². The van der Waals surface area contributed by atoms with Crippen molar-refractivity contribution >= 4 is 22.2 Å². The van der Waals surface area contributed by atoms with E-state index in [-0.39, 0.29) is 11.9 Å². The van der Waals surface area contributed by atoms with Gasteiger partial charge in [-0.15, -0.1) is 11.3 Å². The van der Waals surface area contributed by atoms with Crippen molar-refractivity contribution in [3.05, 3.63) is 64.4 Å². The quantitative estimate of drug-likeness (QED) is 0.440. The number of nitrogens with zero attached hydrogens (tertiary/aromatic N) is 1. The van der Waals surface area contributed by atoms with Crippen molar-refractivity contribution in [2.45, 2.75) is 39.2 Å². The van der Waals surface area contributed by atoms with Crippen LogP contribution in [0.15, 0.2) is 47.1 Å². The van der Waals surface area contributed by atoms with Crippen LogP contribution in [0.1, 0.15) is 59.3 Å². The molecule has 3 aromatic rings. The Hall–Kier alpha value is -2.77. The van der Waals surface area contributed by atoms with Gasteiger partial charge in [0.2, 0.25) is 0 Å². The Bertz CT molecular complexity index is 1070. The van der Waals surface area contributed by atoms with Gasteiger partial charge in [-0.05, 0) is 74.2 Å². The number of aryl methyl sites for hydroxylation is 1. The Kier molecular flexibility index (Phi) is 7.40. The third-order valence-electron chi connectivity index (χ3n) is 6.33. The number of anilines is 1. The lowest BCUT2D eigenvalue weighted by Crippen LogP contribution is -2.37. The van der Waals surface area contributed by atoms with E-state index in [1.165, 1.54) is 11.1 Å². The molecule has 1 aliphatic rings. The predicted octanol–water partition coefficient (Wildman–Crippen LogP) is 5.99. The predicted molar refractivity (Wildman–Crippen MR) is 132 cm³/mol. The second kappa shape index (κ2) is 10.4. The molecule has 0 aliphatic carbocycles. The molecule has 3 heterocycles. The van der Waals surface area contributed by atoms with E-state index < -0.39 is 0 Å². The van der Waals surface area contributed by atoms with Crippen LogP contribution in [-0.2, 0) is 6.42 Å². The minimum Gasteiger partial charge on any atom is -0.493 e. The van der Waals surface area contributed by atoms with Crippen LogP contribution in [0, 0.1) is 5.92 Å². The van der Waals surface area contributed by atoms with E-state index >= 15 is 0 Å². The highest BCUT2D eigenvalue weighted by atomic mass is 32.1. The minimum atomic E-state index is -0.232. The molecule has 33 heavy (non-hydrogen) atoms. The maximum atomic E-state index is 12.8. The molecule has 0 saturated carbocycles. The summed E-state index contributed by atoms with van der Waals surface area (Å²) >= 11 is 1.63. The molecule has 1 unspecified atom stereocenters. The van der Waals surface area contributed by atoms with Gasteiger partial charge in [0, 0.05) is 10.4 Å². The topological polar surface area (TPSA) is 63.9 Å². The third kappa shape index (κ3) is 5.09. The number of rotatable bonds is 8. The summed E-state index contributed by atoms with van der Waals surface area (Å²) in [7, 11) is 3.31. The summed E-state index contributed by atoms with van der Waals surface area (Å²) in [5.41, 5.74) is 2.23. The van der Waals surface area contributed by atoms with Crippen molar-refractivity contribution in [2.24, 2.45) is 5.92 Å². The maximum absolute atomic E-state index is 12.8. The van der Waals surface area contributed by atoms with E-state index in [0.717, 1.165) is 54.4 Å². The molecule has 2 aromatic heterocycles. The third-order valence-corrected chi connectivity index (χ3v) is 7.54. The summed E-state index contributed by atoms with van der Waals surface area (Å²) in [5.74, 6) is 2.21. The van der Waals surface area contributed by atoms with E-state index in [1.807, 2.05) is 6.07 Å². The first-order valence-corrected chi connectivity index (χ1v) is 12.3. The number of carbonyl (C=O) groups excluding carboxylic acids is 1. The molecule has 1 aromatic carbocycles. The number of hydrogen-bond acceptors (Lipinski definition) is 6. The summed E-state index contributed by atoms with van der Waals surface area (Å²) < 4.78 is 16.4. The molecule has 4 rings (SSSR count). The Morgan fingerprint density at radius 3 is 2.58 bits per heavy atom. The Balaban J connectivity index is 1.77. The van der Waals surface area contributed by atoms with Crippen LogP contribution in [0.2, 0.25) is 0 Å². The fraction of sp³-hybridized carbons (Fsp3) is 0.423. The summed E-state index contributed by atoms with van der Waals surface area (Å²) in [6, 6.07) is 11.8. The molecule has 1 saturated heterocycles. The molecule has 0 bridgehead atoms. The lowest BCUT2D eigenvalue weighted by molar-refractivity contribution is 0.0996. The first kappa shape index (κ1) is 23.4. The fourth-order valence-electron chi connectivity index (χ4n) is 4.40. The van der Waals surface area contributed by atoms with Crippen LogP contribution in [0.5, 0.6) is 11.5 Å². The van der Waals surface area contributed by atoms with E-state index in [0.29, 0.717) is 17.3 Å². The number of furan rings is 1. The lowest BCUT2D eigenvalue weighted by Gasteiger charge is -2.37. The number of methoxy groups -OCH3 is 2. The summed E-state index contributed by atoms with van der Waals surface area (Å²) in [6.45, 7) is 6.46. The monoisotopic (exact) mass is 468 g/mol. The number of benzene rings is 1. The first-order valence-electron chi connectivity index (χ1n) is 11.5. The Labute approximate surface area is 199 Å². The highest BCUT2D eigenvalue weighted by molar-refractivity contribution is 7.16. The van der Waals surface area contributed by atoms with Gasteiger partial charge in [-0.2, -0.15) is 0 Å². The summed E-state index contributed by atoms with van der Waals surface area (Å²) in [6.07, 6.45) is 4.73. The van der Waals surface area contributed by atoms with Gasteiger partial charge in [0.25, 0.3) is 5.91 Å². The minimum absolute atomic E-state index is 0.000701. The number of thiophene rings is 1. The Morgan fingerprint density at radius 1 is 1.18 bits per heavy atom. The molecule has 1 amide bonds. The molecular weight excluding hydrogens is 436 g/mol. The largest absolute Gasteiger partial charge is 0.493 e. The van der Waals surface area contributed by atoms with Gasteiger partial charge < -0.3 is 19.2 Å². The molecule has 7 heteroatoms. The van der Waals surface area contributed by atoms with E-state index in [4.69, 9.17) is 13.9 Å². The molecule has 1 N–H and O–H groups in total. The smallest absolute Gasteiger partial charge is 0.291 e. The average molecular weight is 469 g/mol. The highest BCUT2D eigenvalue weighted by Gasteiger charge is 2.30. The first-order chi connectivity index (χ1) is 16.0. The normalized spacial score (nSPS) is 15.9. The zero-order chi connectivity index (χ0) is 23.4. The van der Waals surface area contributed by atoms with Crippen LogP contribution in [0.4, 0.5) is 5.00 Å². The SMILES string of the molecule is CCc1cc(C(c2ccc(OC)c(OC)c2)N2CCC(C)CC2)c(NC(=O)c2ccco2)s1. The molecule has 0 radical (unpaired) electrons. The molecule has 6 nitrogen and oxygen atoms in total. The van der Waals surface area contributed by atoms with Gasteiger partial charge in [-0.3, -0.25) is 9.69 Å². The zero-order valence-electron chi connectivity index (χ0n) is 19.7. The molecule has 176 valence electrons. The van der Waals surface area contributed by atoms with Crippen molar-refractivity contribution < 1.29 is 18.7 Å². The molecule has 0 spiro atoms. The average Bonchev–Trinajstić information content (AvgIpc) is 3.51. The van der Waals surface area contributed by atoms with Gasteiger partial charge in [-0.1, -0.05) is 19.9 Å². The number of carbonyl (C=O) groups is 1. The van der Waals surface area contributed by atoms with Gasteiger partial charge in [-0.25, -0.2) is 0 Å². The lowest BCUT2D eigenvalue weighted by atomic mass is 9.92. The number of hydrogen-bond donors (Lipinski definition) is 1. The number of piperidine rings is 1. The summed E-state index contributed by atoms with van der Waals surface area (Å²) in [4.78, 5) is 16.6. The molecule has 1 aliphatic heterocycles.